The van der Waals surface area contributed by atoms with E-state index in [9.17, 15) is 8.42 Å². The van der Waals surface area contributed by atoms with Crippen molar-refractivity contribution in [2.45, 2.75) is 33.6 Å². The summed E-state index contributed by atoms with van der Waals surface area (Å²) in [5, 5.41) is 8.93. The van der Waals surface area contributed by atoms with E-state index < -0.39 is 9.84 Å². The highest BCUT2D eigenvalue weighted by Crippen LogP contribution is 2.19. The van der Waals surface area contributed by atoms with Gasteiger partial charge in [-0.05, 0) is 18.3 Å². The molecule has 0 rings (SSSR count). The maximum atomic E-state index is 11.3. The molecular weight excluding hydrogens is 188 g/mol. The average Bonchev–Trinajstić information content (AvgIpc) is 2.02. The van der Waals surface area contributed by atoms with Crippen LogP contribution in [0.15, 0.2) is 0 Å². The minimum absolute atomic E-state index is 0.0364. The SMILES string of the molecule is CCCS(=O)(=O)CCC(C)(C)CO. The van der Waals surface area contributed by atoms with Crippen LogP contribution in [0.5, 0.6) is 0 Å². The lowest BCUT2D eigenvalue weighted by atomic mass is 9.92. The third kappa shape index (κ3) is 6.05. The van der Waals surface area contributed by atoms with Crippen LogP contribution in [0.25, 0.3) is 0 Å². The number of sulfone groups is 1. The van der Waals surface area contributed by atoms with Gasteiger partial charge >= 0.3 is 0 Å². The smallest absolute Gasteiger partial charge is 0.150 e. The summed E-state index contributed by atoms with van der Waals surface area (Å²) < 4.78 is 22.6. The van der Waals surface area contributed by atoms with Gasteiger partial charge < -0.3 is 5.11 Å². The van der Waals surface area contributed by atoms with Crippen LogP contribution >= 0.6 is 0 Å². The maximum Gasteiger partial charge on any atom is 0.150 e. The molecule has 4 heteroatoms. The average molecular weight is 208 g/mol. The van der Waals surface area contributed by atoms with Gasteiger partial charge in [-0.25, -0.2) is 8.42 Å². The molecule has 0 aliphatic carbocycles. The van der Waals surface area contributed by atoms with Gasteiger partial charge in [-0.2, -0.15) is 0 Å². The first-order chi connectivity index (χ1) is 5.83. The summed E-state index contributed by atoms with van der Waals surface area (Å²) in [6.07, 6.45) is 1.20. The fraction of sp³-hybridized carbons (Fsp3) is 1.00. The zero-order valence-electron chi connectivity index (χ0n) is 8.71. The summed E-state index contributed by atoms with van der Waals surface area (Å²) in [6, 6.07) is 0. The lowest BCUT2D eigenvalue weighted by Crippen LogP contribution is -2.22. The van der Waals surface area contributed by atoms with Crippen LogP contribution in [0, 0.1) is 5.41 Å². The Labute approximate surface area is 81.1 Å². The van der Waals surface area contributed by atoms with E-state index in [-0.39, 0.29) is 23.5 Å². The molecule has 1 N–H and O–H groups in total. The molecule has 0 radical (unpaired) electrons. The van der Waals surface area contributed by atoms with Crippen molar-refractivity contribution in [3.8, 4) is 0 Å². The summed E-state index contributed by atoms with van der Waals surface area (Å²) in [5.41, 5.74) is -0.277. The van der Waals surface area contributed by atoms with Crippen molar-refractivity contribution in [3.05, 3.63) is 0 Å². The largest absolute Gasteiger partial charge is 0.396 e. The molecule has 0 aliphatic heterocycles. The Morgan fingerprint density at radius 3 is 2.15 bits per heavy atom. The van der Waals surface area contributed by atoms with E-state index >= 15 is 0 Å². The molecule has 0 bridgehead atoms. The van der Waals surface area contributed by atoms with Crippen LogP contribution in [0.3, 0.4) is 0 Å². The topological polar surface area (TPSA) is 54.4 Å². The van der Waals surface area contributed by atoms with E-state index in [0.29, 0.717) is 12.8 Å². The molecule has 0 spiro atoms. The van der Waals surface area contributed by atoms with Crippen molar-refractivity contribution < 1.29 is 13.5 Å². The molecule has 3 nitrogen and oxygen atoms in total. The third-order valence-corrected chi connectivity index (χ3v) is 3.89. The number of rotatable bonds is 6. The number of aliphatic hydroxyl groups is 1. The summed E-state index contributed by atoms with van der Waals surface area (Å²) in [5.74, 6) is 0.447. The normalized spacial score (nSPS) is 13.2. The van der Waals surface area contributed by atoms with Crippen LogP contribution in [-0.2, 0) is 9.84 Å². The fourth-order valence-corrected chi connectivity index (χ4v) is 2.61. The fourth-order valence-electron chi connectivity index (χ4n) is 0.924. The van der Waals surface area contributed by atoms with Gasteiger partial charge in [-0.15, -0.1) is 0 Å². The molecule has 0 saturated carbocycles. The molecule has 0 fully saturated rings. The molecule has 80 valence electrons. The summed E-state index contributed by atoms with van der Waals surface area (Å²) >= 11 is 0. The number of hydrogen-bond donors (Lipinski definition) is 1. The first-order valence-corrected chi connectivity index (χ1v) is 6.46. The molecular formula is C9H20O3S. The summed E-state index contributed by atoms with van der Waals surface area (Å²) in [4.78, 5) is 0. The van der Waals surface area contributed by atoms with Gasteiger partial charge in [0.2, 0.25) is 0 Å². The van der Waals surface area contributed by atoms with Crippen LogP contribution in [0.2, 0.25) is 0 Å². The van der Waals surface area contributed by atoms with Gasteiger partial charge in [-0.1, -0.05) is 20.8 Å². The predicted molar refractivity (Wildman–Crippen MR) is 54.4 cm³/mol. The molecule has 0 saturated heterocycles. The molecule has 0 atom stereocenters. The van der Waals surface area contributed by atoms with Crippen molar-refractivity contribution in [2.75, 3.05) is 18.1 Å². The number of aliphatic hydroxyl groups excluding tert-OH is 1. The van der Waals surface area contributed by atoms with Crippen molar-refractivity contribution in [1.29, 1.82) is 0 Å². The molecule has 0 aromatic carbocycles. The van der Waals surface area contributed by atoms with Crippen LogP contribution in [0.4, 0.5) is 0 Å². The highest BCUT2D eigenvalue weighted by molar-refractivity contribution is 7.91. The zero-order valence-corrected chi connectivity index (χ0v) is 9.52. The van der Waals surface area contributed by atoms with Crippen molar-refractivity contribution in [1.82, 2.24) is 0 Å². The van der Waals surface area contributed by atoms with E-state index in [4.69, 9.17) is 5.11 Å². The second-order valence-electron chi connectivity index (χ2n) is 4.22. The molecule has 0 amide bonds. The molecule has 0 aliphatic rings. The van der Waals surface area contributed by atoms with Crippen LogP contribution in [-0.4, -0.2) is 31.6 Å². The van der Waals surface area contributed by atoms with Gasteiger partial charge in [0.1, 0.15) is 9.84 Å². The Morgan fingerprint density at radius 2 is 1.77 bits per heavy atom. The van der Waals surface area contributed by atoms with Gasteiger partial charge in [0.15, 0.2) is 0 Å². The predicted octanol–water partition coefficient (Wildman–Crippen LogP) is 1.22. The Bertz CT molecular complexity index is 229. The Balaban J connectivity index is 4.02. The monoisotopic (exact) mass is 208 g/mol. The Kier molecular flexibility index (Phi) is 4.92. The van der Waals surface area contributed by atoms with Gasteiger partial charge in [0.25, 0.3) is 0 Å². The van der Waals surface area contributed by atoms with E-state index in [2.05, 4.69) is 0 Å². The summed E-state index contributed by atoms with van der Waals surface area (Å²) in [7, 11) is -2.89. The molecule has 0 heterocycles. The van der Waals surface area contributed by atoms with E-state index in [1.54, 1.807) is 0 Å². The Hall–Kier alpha value is -0.0900. The molecule has 0 unspecified atom stereocenters. The van der Waals surface area contributed by atoms with Crippen LogP contribution in [0.1, 0.15) is 33.6 Å². The lowest BCUT2D eigenvalue weighted by Gasteiger charge is -2.20. The summed E-state index contributed by atoms with van der Waals surface area (Å²) in [6.45, 7) is 5.63. The minimum atomic E-state index is -2.89. The van der Waals surface area contributed by atoms with Crippen molar-refractivity contribution >= 4 is 9.84 Å². The standard InChI is InChI=1S/C9H20O3S/c1-4-6-13(11,12)7-5-9(2,3)8-10/h10H,4-8H2,1-3H3. The number of hydrogen-bond acceptors (Lipinski definition) is 3. The second-order valence-corrected chi connectivity index (χ2v) is 6.53. The lowest BCUT2D eigenvalue weighted by molar-refractivity contribution is 0.156. The molecule has 13 heavy (non-hydrogen) atoms. The van der Waals surface area contributed by atoms with E-state index in [1.807, 2.05) is 20.8 Å². The first-order valence-electron chi connectivity index (χ1n) is 4.64. The highest BCUT2D eigenvalue weighted by atomic mass is 32.2. The van der Waals surface area contributed by atoms with Gasteiger partial charge in [-0.3, -0.25) is 0 Å². The first kappa shape index (κ1) is 12.9. The Morgan fingerprint density at radius 1 is 1.23 bits per heavy atom. The van der Waals surface area contributed by atoms with E-state index in [1.165, 1.54) is 0 Å². The zero-order chi connectivity index (χ0) is 10.5. The van der Waals surface area contributed by atoms with Crippen molar-refractivity contribution in [2.24, 2.45) is 5.41 Å². The van der Waals surface area contributed by atoms with Crippen molar-refractivity contribution in [3.63, 3.8) is 0 Å². The molecule has 0 aromatic rings. The van der Waals surface area contributed by atoms with Gasteiger partial charge in [0, 0.05) is 12.4 Å². The minimum Gasteiger partial charge on any atom is -0.396 e. The van der Waals surface area contributed by atoms with E-state index in [0.717, 1.165) is 0 Å². The second kappa shape index (κ2) is 4.96. The highest BCUT2D eigenvalue weighted by Gasteiger charge is 2.20. The maximum absolute atomic E-state index is 11.3. The van der Waals surface area contributed by atoms with Gasteiger partial charge in [0.05, 0.1) is 5.75 Å². The quantitative estimate of drug-likeness (QED) is 0.714. The van der Waals surface area contributed by atoms with Crippen LogP contribution < -0.4 is 0 Å². The molecule has 0 aromatic heterocycles. The third-order valence-electron chi connectivity index (χ3n) is 2.03.